The number of carbonyl (C=O) groups is 1. The van der Waals surface area contributed by atoms with Crippen LogP contribution in [0.25, 0.3) is 10.2 Å². The number of aromatic amines is 1. The van der Waals surface area contributed by atoms with Gasteiger partial charge in [0.1, 0.15) is 10.7 Å². The summed E-state index contributed by atoms with van der Waals surface area (Å²) in [5, 5.41) is 12.8. The highest BCUT2D eigenvalue weighted by Gasteiger charge is 2.28. The topological polar surface area (TPSA) is 71.7 Å². The van der Waals surface area contributed by atoms with Gasteiger partial charge in [-0.25, -0.2) is 0 Å². The maximum absolute atomic E-state index is 12.9. The molecule has 7 nitrogen and oxygen atoms in total. The lowest BCUT2D eigenvalue weighted by Crippen LogP contribution is -2.38. The summed E-state index contributed by atoms with van der Waals surface area (Å²) in [6, 6.07) is 1.99. The summed E-state index contributed by atoms with van der Waals surface area (Å²) in [4.78, 5) is 16.7. The number of likely N-dealkylation sites (tertiary alicyclic amines) is 1. The van der Waals surface area contributed by atoms with Gasteiger partial charge in [0.15, 0.2) is 4.77 Å². The number of amides is 1. The Labute approximate surface area is 160 Å². The van der Waals surface area contributed by atoms with Crippen LogP contribution < -0.4 is 0 Å². The number of nitrogens with zero attached hydrogens (tertiary/aromatic N) is 5. The number of hydrogen-bond donors (Lipinski definition) is 1. The molecule has 3 aromatic rings. The van der Waals surface area contributed by atoms with Crippen molar-refractivity contribution < 1.29 is 4.79 Å². The van der Waals surface area contributed by atoms with Gasteiger partial charge < -0.3 is 9.47 Å². The summed E-state index contributed by atoms with van der Waals surface area (Å²) in [5.41, 5.74) is 0.971. The van der Waals surface area contributed by atoms with E-state index in [-0.39, 0.29) is 5.91 Å². The summed E-state index contributed by atoms with van der Waals surface area (Å²) in [5.74, 6) is 1.49. The SMILES string of the molecule is CCn1c(C2CCN(C(=O)c3cc4c(C)nn(C)c4s3)CC2)n[nH]c1=S. The van der Waals surface area contributed by atoms with Crippen LogP contribution in [-0.4, -0.2) is 48.4 Å². The van der Waals surface area contributed by atoms with Gasteiger partial charge in [0.05, 0.1) is 10.6 Å². The lowest BCUT2D eigenvalue weighted by molar-refractivity contribution is 0.0715. The van der Waals surface area contributed by atoms with E-state index in [1.165, 1.54) is 11.3 Å². The van der Waals surface area contributed by atoms with Crippen molar-refractivity contribution in [3.05, 3.63) is 27.2 Å². The maximum atomic E-state index is 12.9. The van der Waals surface area contributed by atoms with Crippen LogP contribution in [0.5, 0.6) is 0 Å². The molecule has 9 heteroatoms. The zero-order chi connectivity index (χ0) is 18.4. The Hall–Kier alpha value is -2.00. The van der Waals surface area contributed by atoms with Gasteiger partial charge in [0.2, 0.25) is 0 Å². The van der Waals surface area contributed by atoms with E-state index < -0.39 is 0 Å². The number of fused-ring (bicyclic) bond motifs is 1. The van der Waals surface area contributed by atoms with E-state index in [0.717, 1.165) is 59.1 Å². The summed E-state index contributed by atoms with van der Waals surface area (Å²) in [6.07, 6.45) is 1.83. The van der Waals surface area contributed by atoms with Crippen molar-refractivity contribution >= 4 is 39.7 Å². The Morgan fingerprint density at radius 3 is 2.81 bits per heavy atom. The van der Waals surface area contributed by atoms with Crippen molar-refractivity contribution in [1.29, 1.82) is 0 Å². The molecule has 1 N–H and O–H groups in total. The molecular weight excluding hydrogens is 368 g/mol. The van der Waals surface area contributed by atoms with Gasteiger partial charge in [0, 0.05) is 38.0 Å². The number of thiophene rings is 1. The molecule has 0 aliphatic carbocycles. The molecule has 0 unspecified atom stereocenters. The minimum atomic E-state index is 0.124. The molecule has 4 rings (SSSR count). The molecule has 3 aromatic heterocycles. The number of aromatic nitrogens is 5. The molecule has 1 saturated heterocycles. The molecule has 0 spiro atoms. The average molecular weight is 391 g/mol. The van der Waals surface area contributed by atoms with Gasteiger partial charge in [-0.15, -0.1) is 11.3 Å². The normalized spacial score (nSPS) is 15.9. The monoisotopic (exact) mass is 390 g/mol. The van der Waals surface area contributed by atoms with Crippen LogP contribution >= 0.6 is 23.6 Å². The molecule has 0 saturated carbocycles. The lowest BCUT2D eigenvalue weighted by Gasteiger charge is -2.31. The first-order valence-electron chi connectivity index (χ1n) is 8.87. The van der Waals surface area contributed by atoms with Crippen molar-refractivity contribution in [3.63, 3.8) is 0 Å². The first-order valence-corrected chi connectivity index (χ1v) is 10.1. The molecule has 26 heavy (non-hydrogen) atoms. The Morgan fingerprint density at radius 1 is 1.42 bits per heavy atom. The van der Waals surface area contributed by atoms with Crippen molar-refractivity contribution in [3.8, 4) is 0 Å². The van der Waals surface area contributed by atoms with Crippen molar-refractivity contribution in [2.24, 2.45) is 7.05 Å². The summed E-state index contributed by atoms with van der Waals surface area (Å²) in [6.45, 7) is 6.37. The molecule has 138 valence electrons. The molecule has 1 aliphatic heterocycles. The number of H-pyrrole nitrogens is 1. The molecular formula is C17H22N6OS2. The Balaban J connectivity index is 1.49. The number of nitrogens with one attached hydrogen (secondary N) is 1. The molecule has 0 bridgehead atoms. The first kappa shape index (κ1) is 17.4. The van der Waals surface area contributed by atoms with Crippen LogP contribution in [-0.2, 0) is 13.6 Å². The van der Waals surface area contributed by atoms with Crippen LogP contribution in [0.1, 0.15) is 46.9 Å². The smallest absolute Gasteiger partial charge is 0.264 e. The Morgan fingerprint density at radius 2 is 2.15 bits per heavy atom. The third kappa shape index (κ3) is 2.79. The van der Waals surface area contributed by atoms with Gasteiger partial charge in [-0.2, -0.15) is 10.2 Å². The summed E-state index contributed by atoms with van der Waals surface area (Å²) >= 11 is 6.82. The number of carbonyl (C=O) groups excluding carboxylic acids is 1. The number of aryl methyl sites for hydroxylation is 2. The molecule has 0 aromatic carbocycles. The molecule has 1 fully saturated rings. The van der Waals surface area contributed by atoms with Crippen molar-refractivity contribution in [2.45, 2.75) is 39.2 Å². The number of hydrogen-bond acceptors (Lipinski definition) is 5. The highest BCUT2D eigenvalue weighted by atomic mass is 32.1. The number of piperidine rings is 1. The Kier molecular flexibility index (Phi) is 4.44. The second-order valence-electron chi connectivity index (χ2n) is 6.74. The molecule has 4 heterocycles. The number of rotatable bonds is 3. The molecule has 0 atom stereocenters. The third-order valence-electron chi connectivity index (χ3n) is 5.16. The second-order valence-corrected chi connectivity index (χ2v) is 8.15. The third-order valence-corrected chi connectivity index (χ3v) is 6.66. The summed E-state index contributed by atoms with van der Waals surface area (Å²) < 4.78 is 4.58. The van der Waals surface area contributed by atoms with Crippen LogP contribution in [0, 0.1) is 11.7 Å². The van der Waals surface area contributed by atoms with E-state index in [9.17, 15) is 4.79 Å². The van der Waals surface area contributed by atoms with Gasteiger partial charge in [-0.1, -0.05) is 0 Å². The van der Waals surface area contributed by atoms with Gasteiger partial charge in [0.25, 0.3) is 5.91 Å². The van der Waals surface area contributed by atoms with E-state index in [0.29, 0.717) is 10.7 Å². The second kappa shape index (κ2) is 6.62. The highest BCUT2D eigenvalue weighted by Crippen LogP contribution is 2.31. The highest BCUT2D eigenvalue weighted by molar-refractivity contribution is 7.71. The fraction of sp³-hybridized carbons (Fsp3) is 0.529. The van der Waals surface area contributed by atoms with Gasteiger partial charge in [-0.05, 0) is 45.0 Å². The van der Waals surface area contributed by atoms with Crippen molar-refractivity contribution in [1.82, 2.24) is 29.4 Å². The van der Waals surface area contributed by atoms with Crippen molar-refractivity contribution in [2.75, 3.05) is 13.1 Å². The maximum Gasteiger partial charge on any atom is 0.264 e. The summed E-state index contributed by atoms with van der Waals surface area (Å²) in [7, 11) is 1.92. The predicted molar refractivity (Wildman–Crippen MR) is 104 cm³/mol. The standard InChI is InChI=1S/C17H22N6OS2/c1-4-23-14(18-19-17(23)25)11-5-7-22(8-6-11)15(24)13-9-12-10(2)20-21(3)16(12)26-13/h9,11H,4-8H2,1-3H3,(H,19,25). The van der Waals surface area contributed by atoms with Crippen LogP contribution in [0.15, 0.2) is 6.07 Å². The molecule has 1 aliphatic rings. The van der Waals surface area contributed by atoms with E-state index in [2.05, 4.69) is 26.8 Å². The lowest BCUT2D eigenvalue weighted by atomic mass is 9.95. The quantitative estimate of drug-likeness (QED) is 0.697. The van der Waals surface area contributed by atoms with Crippen LogP contribution in [0.3, 0.4) is 0 Å². The van der Waals surface area contributed by atoms with E-state index >= 15 is 0 Å². The van der Waals surface area contributed by atoms with Crippen LogP contribution in [0.4, 0.5) is 0 Å². The minimum Gasteiger partial charge on any atom is -0.338 e. The van der Waals surface area contributed by atoms with Gasteiger partial charge >= 0.3 is 0 Å². The van der Waals surface area contributed by atoms with E-state index in [1.807, 2.05) is 29.6 Å². The molecule has 1 amide bonds. The predicted octanol–water partition coefficient (Wildman–Crippen LogP) is 3.24. The zero-order valence-electron chi connectivity index (χ0n) is 15.2. The molecule has 0 radical (unpaired) electrons. The zero-order valence-corrected chi connectivity index (χ0v) is 16.8. The fourth-order valence-corrected chi connectivity index (χ4v) is 5.11. The van der Waals surface area contributed by atoms with Gasteiger partial charge in [-0.3, -0.25) is 14.6 Å². The largest absolute Gasteiger partial charge is 0.338 e. The van der Waals surface area contributed by atoms with E-state index in [4.69, 9.17) is 12.2 Å². The van der Waals surface area contributed by atoms with E-state index in [1.54, 1.807) is 0 Å². The van der Waals surface area contributed by atoms with Crippen LogP contribution in [0.2, 0.25) is 0 Å². The Bertz CT molecular complexity index is 984. The fourth-order valence-electron chi connectivity index (χ4n) is 3.75. The first-order chi connectivity index (χ1) is 12.5. The minimum absolute atomic E-state index is 0.124. The average Bonchev–Trinajstić information content (AvgIpc) is 3.31.